The van der Waals surface area contributed by atoms with Crippen LogP contribution in [0.5, 0.6) is 11.5 Å². The topological polar surface area (TPSA) is 88.3 Å². The minimum Gasteiger partial charge on any atom is -0.454 e. The molecule has 0 saturated heterocycles. The summed E-state index contributed by atoms with van der Waals surface area (Å²) in [6.45, 7) is 2.26. The summed E-state index contributed by atoms with van der Waals surface area (Å²) < 4.78 is 10.6. The van der Waals surface area contributed by atoms with Gasteiger partial charge in [-0.05, 0) is 17.7 Å². The Bertz CT molecular complexity index is 726. The number of fused-ring (bicyclic) bond motifs is 2. The van der Waals surface area contributed by atoms with E-state index in [0.717, 1.165) is 35.5 Å². The molecule has 0 saturated carbocycles. The molecule has 0 spiro atoms. The molecule has 1 aromatic carbocycles. The van der Waals surface area contributed by atoms with Crippen molar-refractivity contribution in [2.75, 3.05) is 13.3 Å². The van der Waals surface area contributed by atoms with Gasteiger partial charge >= 0.3 is 0 Å². The lowest BCUT2D eigenvalue weighted by molar-refractivity contribution is 0.0944. The number of nitrogens with zero attached hydrogens (tertiary/aromatic N) is 1. The number of benzene rings is 1. The molecule has 22 heavy (non-hydrogen) atoms. The summed E-state index contributed by atoms with van der Waals surface area (Å²) >= 11 is 0. The first-order valence-corrected chi connectivity index (χ1v) is 7.25. The van der Waals surface area contributed by atoms with E-state index in [1.54, 1.807) is 0 Å². The zero-order valence-corrected chi connectivity index (χ0v) is 11.9. The average Bonchev–Trinajstić information content (AvgIpc) is 3.18. The van der Waals surface area contributed by atoms with E-state index < -0.39 is 0 Å². The molecule has 7 nitrogen and oxygen atoms in total. The molecule has 3 heterocycles. The van der Waals surface area contributed by atoms with Crippen molar-refractivity contribution in [1.29, 1.82) is 0 Å². The van der Waals surface area contributed by atoms with Gasteiger partial charge in [-0.25, -0.2) is 0 Å². The normalized spacial score (nSPS) is 15.5. The van der Waals surface area contributed by atoms with Crippen LogP contribution in [0.4, 0.5) is 0 Å². The van der Waals surface area contributed by atoms with Gasteiger partial charge in [0.05, 0.1) is 0 Å². The summed E-state index contributed by atoms with van der Waals surface area (Å²) in [7, 11) is 0. The maximum Gasteiger partial charge on any atom is 0.272 e. The van der Waals surface area contributed by atoms with Crippen LogP contribution < -0.4 is 20.1 Å². The van der Waals surface area contributed by atoms with Gasteiger partial charge in [-0.15, -0.1) is 0 Å². The van der Waals surface area contributed by atoms with Crippen LogP contribution in [-0.4, -0.2) is 29.4 Å². The number of ether oxygens (including phenoxy) is 2. The zero-order valence-electron chi connectivity index (χ0n) is 11.9. The van der Waals surface area contributed by atoms with Gasteiger partial charge in [0.15, 0.2) is 17.2 Å². The molecule has 3 N–H and O–H groups in total. The summed E-state index contributed by atoms with van der Waals surface area (Å²) in [6, 6.07) is 5.64. The highest BCUT2D eigenvalue weighted by Crippen LogP contribution is 2.32. The monoisotopic (exact) mass is 300 g/mol. The third-order valence-electron chi connectivity index (χ3n) is 3.91. The van der Waals surface area contributed by atoms with Crippen LogP contribution in [0.25, 0.3) is 0 Å². The van der Waals surface area contributed by atoms with Gasteiger partial charge in [0.25, 0.3) is 5.91 Å². The summed E-state index contributed by atoms with van der Waals surface area (Å²) in [4.78, 5) is 12.3. The number of nitrogens with one attached hydrogen (secondary N) is 3. The fourth-order valence-corrected chi connectivity index (χ4v) is 2.73. The predicted molar refractivity (Wildman–Crippen MR) is 77.7 cm³/mol. The van der Waals surface area contributed by atoms with Crippen molar-refractivity contribution in [1.82, 2.24) is 20.8 Å². The van der Waals surface area contributed by atoms with Crippen molar-refractivity contribution < 1.29 is 14.3 Å². The quantitative estimate of drug-likeness (QED) is 0.777. The second-order valence-electron chi connectivity index (χ2n) is 5.33. The minimum absolute atomic E-state index is 0.168. The third kappa shape index (κ3) is 2.29. The fraction of sp³-hybridized carbons (Fsp3) is 0.333. The third-order valence-corrected chi connectivity index (χ3v) is 3.91. The molecule has 2 aliphatic rings. The van der Waals surface area contributed by atoms with Gasteiger partial charge in [-0.3, -0.25) is 9.89 Å². The van der Waals surface area contributed by atoms with E-state index in [9.17, 15) is 4.79 Å². The molecular formula is C15H16N4O3. The Morgan fingerprint density at radius 2 is 2.23 bits per heavy atom. The van der Waals surface area contributed by atoms with Crippen molar-refractivity contribution in [2.45, 2.75) is 19.5 Å². The SMILES string of the molecule is O=C(NCc1ccc2c(c1)OCO2)c1n[nH]c2c1CNCC2. The number of hydrogen-bond acceptors (Lipinski definition) is 5. The van der Waals surface area contributed by atoms with Crippen LogP contribution >= 0.6 is 0 Å². The predicted octanol–water partition coefficient (Wildman–Crippen LogP) is 0.714. The molecule has 1 aromatic heterocycles. The summed E-state index contributed by atoms with van der Waals surface area (Å²) in [5.74, 6) is 1.29. The Balaban J connectivity index is 1.45. The average molecular weight is 300 g/mol. The molecule has 4 rings (SSSR count). The van der Waals surface area contributed by atoms with E-state index in [1.807, 2.05) is 18.2 Å². The number of rotatable bonds is 3. The molecule has 0 radical (unpaired) electrons. The summed E-state index contributed by atoms with van der Waals surface area (Å²) in [5, 5.41) is 13.2. The Morgan fingerprint density at radius 3 is 3.18 bits per heavy atom. The molecule has 0 atom stereocenters. The number of aromatic amines is 1. The maximum absolute atomic E-state index is 12.3. The van der Waals surface area contributed by atoms with Crippen LogP contribution in [0, 0.1) is 0 Å². The van der Waals surface area contributed by atoms with E-state index in [4.69, 9.17) is 9.47 Å². The van der Waals surface area contributed by atoms with Crippen LogP contribution in [0.15, 0.2) is 18.2 Å². The highest BCUT2D eigenvalue weighted by atomic mass is 16.7. The van der Waals surface area contributed by atoms with Crippen molar-refractivity contribution >= 4 is 5.91 Å². The first kappa shape index (κ1) is 13.1. The molecule has 2 aromatic rings. The lowest BCUT2D eigenvalue weighted by Crippen LogP contribution is -2.28. The van der Waals surface area contributed by atoms with Crippen LogP contribution in [-0.2, 0) is 19.5 Å². The van der Waals surface area contributed by atoms with Gasteiger partial charge in [0, 0.05) is 37.3 Å². The number of hydrogen-bond donors (Lipinski definition) is 3. The van der Waals surface area contributed by atoms with Crippen molar-refractivity contribution in [3.05, 3.63) is 40.7 Å². The highest BCUT2D eigenvalue weighted by Gasteiger charge is 2.21. The number of amides is 1. The minimum atomic E-state index is -0.168. The van der Waals surface area contributed by atoms with Crippen molar-refractivity contribution in [2.24, 2.45) is 0 Å². The van der Waals surface area contributed by atoms with Crippen LogP contribution in [0.3, 0.4) is 0 Å². The fourth-order valence-electron chi connectivity index (χ4n) is 2.73. The molecule has 1 amide bonds. The number of aromatic nitrogens is 2. The standard InChI is InChI=1S/C15H16N4O3/c20-15(14-10-7-16-4-3-11(10)18-19-14)17-6-9-1-2-12-13(5-9)22-8-21-12/h1-2,5,16H,3-4,6-8H2,(H,17,20)(H,18,19). The highest BCUT2D eigenvalue weighted by molar-refractivity contribution is 5.94. The van der Waals surface area contributed by atoms with Crippen LogP contribution in [0.1, 0.15) is 27.3 Å². The van der Waals surface area contributed by atoms with Gasteiger partial charge in [0.1, 0.15) is 0 Å². The molecule has 7 heteroatoms. The van der Waals surface area contributed by atoms with E-state index in [2.05, 4.69) is 20.8 Å². The lowest BCUT2D eigenvalue weighted by Gasteiger charge is -2.12. The first-order chi connectivity index (χ1) is 10.8. The smallest absolute Gasteiger partial charge is 0.272 e. The summed E-state index contributed by atoms with van der Waals surface area (Å²) in [6.07, 6.45) is 0.873. The number of carbonyl (C=O) groups excluding carboxylic acids is 1. The largest absolute Gasteiger partial charge is 0.454 e. The molecule has 2 aliphatic heterocycles. The van der Waals surface area contributed by atoms with Crippen molar-refractivity contribution in [3.63, 3.8) is 0 Å². The maximum atomic E-state index is 12.3. The number of H-pyrrole nitrogens is 1. The van der Waals surface area contributed by atoms with E-state index in [0.29, 0.717) is 24.5 Å². The molecule has 0 bridgehead atoms. The Morgan fingerprint density at radius 1 is 1.32 bits per heavy atom. The Labute approximate surface area is 127 Å². The Kier molecular flexibility index (Phi) is 3.19. The molecule has 0 aliphatic carbocycles. The van der Waals surface area contributed by atoms with Gasteiger partial charge in [0.2, 0.25) is 6.79 Å². The van der Waals surface area contributed by atoms with E-state index >= 15 is 0 Å². The van der Waals surface area contributed by atoms with Gasteiger partial charge < -0.3 is 20.1 Å². The second kappa shape index (κ2) is 5.34. The Hall–Kier alpha value is -2.54. The lowest BCUT2D eigenvalue weighted by atomic mass is 10.1. The number of carbonyl (C=O) groups is 1. The second-order valence-corrected chi connectivity index (χ2v) is 5.33. The van der Waals surface area contributed by atoms with Gasteiger partial charge in [-0.1, -0.05) is 6.07 Å². The van der Waals surface area contributed by atoms with E-state index in [1.165, 1.54) is 0 Å². The van der Waals surface area contributed by atoms with Gasteiger partial charge in [-0.2, -0.15) is 5.10 Å². The first-order valence-electron chi connectivity index (χ1n) is 7.25. The van der Waals surface area contributed by atoms with Crippen LogP contribution in [0.2, 0.25) is 0 Å². The molecule has 0 unspecified atom stereocenters. The molecule has 0 fully saturated rings. The zero-order chi connectivity index (χ0) is 14.9. The molecular weight excluding hydrogens is 284 g/mol. The van der Waals surface area contributed by atoms with Crippen molar-refractivity contribution in [3.8, 4) is 11.5 Å². The molecule has 114 valence electrons. The summed E-state index contributed by atoms with van der Waals surface area (Å²) in [5.41, 5.74) is 3.45. The van der Waals surface area contributed by atoms with E-state index in [-0.39, 0.29) is 12.7 Å².